The molecule has 0 atom stereocenters. The summed E-state index contributed by atoms with van der Waals surface area (Å²) >= 11 is 1.36. The molecule has 0 aromatic heterocycles. The number of phenolic OH excluding ortho intramolecular Hbond substituents is 1. The first-order valence-corrected chi connectivity index (χ1v) is 7.08. The van der Waals surface area contributed by atoms with Gasteiger partial charge in [-0.25, -0.2) is 0 Å². The normalized spacial score (nSPS) is 9.74. The van der Waals surface area contributed by atoms with Crippen LogP contribution in [0.3, 0.4) is 0 Å². The van der Waals surface area contributed by atoms with Gasteiger partial charge in [-0.1, -0.05) is 24.3 Å². The molecule has 1 N–H and O–H groups in total. The first kappa shape index (κ1) is 15.7. The Balaban J connectivity index is 0.00000180. The Labute approximate surface area is 124 Å². The fourth-order valence-electron chi connectivity index (χ4n) is 1.65. The summed E-state index contributed by atoms with van der Waals surface area (Å²) in [6.07, 6.45) is 0. The van der Waals surface area contributed by atoms with Crippen molar-refractivity contribution in [3.63, 3.8) is 0 Å². The second kappa shape index (κ2) is 7.97. The summed E-state index contributed by atoms with van der Waals surface area (Å²) in [5, 5.41) is 9.20. The van der Waals surface area contributed by atoms with E-state index in [4.69, 9.17) is 4.74 Å². The number of methoxy groups -OCH3 is 1. The van der Waals surface area contributed by atoms with E-state index in [0.717, 1.165) is 17.3 Å². The summed E-state index contributed by atoms with van der Waals surface area (Å²) in [6.45, 7) is 0. The highest BCUT2D eigenvalue weighted by molar-refractivity contribution is 7.76. The molecule has 19 heavy (non-hydrogen) atoms. The monoisotopic (exact) mass is 296 g/mol. The van der Waals surface area contributed by atoms with Crippen LogP contribution < -0.4 is 17.1 Å². The smallest absolute Gasteiger partial charge is 0.131 e. The molecule has 0 radical (unpaired) electrons. The van der Waals surface area contributed by atoms with Gasteiger partial charge in [-0.15, -0.1) is 0 Å². The lowest BCUT2D eigenvalue weighted by atomic mass is 10.2. The average molecular weight is 297 g/mol. The highest BCUT2D eigenvalue weighted by Gasteiger charge is 2.03. The fraction of sp³-hybridized carbons (Fsp3) is 0.200. The molecule has 0 unspecified atom stereocenters. The van der Waals surface area contributed by atoms with Gasteiger partial charge in [-0.05, 0) is 36.0 Å². The van der Waals surface area contributed by atoms with Crippen molar-refractivity contribution in [2.24, 2.45) is 0 Å². The molecule has 2 nitrogen and oxygen atoms in total. The lowest BCUT2D eigenvalue weighted by molar-refractivity contribution is -0.00000500. The van der Waals surface area contributed by atoms with Crippen LogP contribution in [-0.4, -0.2) is 12.2 Å². The molecule has 0 aliphatic heterocycles. The second-order valence-electron chi connectivity index (χ2n) is 4.05. The van der Waals surface area contributed by atoms with Crippen LogP contribution >= 0.6 is 0 Å². The van der Waals surface area contributed by atoms with Crippen molar-refractivity contribution in [3.8, 4) is 11.5 Å². The van der Waals surface area contributed by atoms with E-state index in [1.807, 2.05) is 24.3 Å². The first-order chi connectivity index (χ1) is 8.78. The van der Waals surface area contributed by atoms with E-state index in [1.54, 1.807) is 19.2 Å². The van der Waals surface area contributed by atoms with Gasteiger partial charge in [-0.2, -0.15) is 0 Å². The Morgan fingerprint density at radius 3 is 1.84 bits per heavy atom. The molecular formula is C15H17ClO2S. The molecule has 0 aliphatic rings. The SMILES string of the molecule is COc1ccc(C[SH+]Cc2ccc(O)cc2)cc1.[Cl-]. The third kappa shape index (κ3) is 5.05. The quantitative estimate of drug-likeness (QED) is 0.618. The van der Waals surface area contributed by atoms with Gasteiger partial charge in [-0.3, -0.25) is 0 Å². The average Bonchev–Trinajstić information content (AvgIpc) is 2.42. The van der Waals surface area contributed by atoms with Crippen LogP contribution in [0.25, 0.3) is 0 Å². The zero-order valence-corrected chi connectivity index (χ0v) is 12.4. The third-order valence-electron chi connectivity index (χ3n) is 2.68. The van der Waals surface area contributed by atoms with Crippen LogP contribution in [0.5, 0.6) is 11.5 Å². The number of aromatic hydroxyl groups is 1. The molecule has 0 bridgehead atoms. The van der Waals surface area contributed by atoms with E-state index >= 15 is 0 Å². The molecule has 2 rings (SSSR count). The lowest BCUT2D eigenvalue weighted by Crippen LogP contribution is -3.00. The molecule has 0 amide bonds. The summed E-state index contributed by atoms with van der Waals surface area (Å²) in [7, 11) is 1.68. The topological polar surface area (TPSA) is 29.5 Å². The number of rotatable bonds is 5. The van der Waals surface area contributed by atoms with Gasteiger partial charge in [0.2, 0.25) is 0 Å². The zero-order valence-electron chi connectivity index (χ0n) is 10.7. The second-order valence-corrected chi connectivity index (χ2v) is 5.13. The zero-order chi connectivity index (χ0) is 12.8. The summed E-state index contributed by atoms with van der Waals surface area (Å²) in [5.41, 5.74) is 2.57. The highest BCUT2D eigenvalue weighted by Crippen LogP contribution is 2.14. The minimum atomic E-state index is 0. The Bertz CT molecular complexity index is 483. The van der Waals surface area contributed by atoms with E-state index in [2.05, 4.69) is 12.1 Å². The number of thiol groups is 1. The van der Waals surface area contributed by atoms with E-state index in [1.165, 1.54) is 22.9 Å². The Morgan fingerprint density at radius 2 is 1.37 bits per heavy atom. The molecular weight excluding hydrogens is 280 g/mol. The van der Waals surface area contributed by atoms with Crippen LogP contribution in [0.4, 0.5) is 0 Å². The number of hydrogen-bond donors (Lipinski definition) is 1. The Hall–Kier alpha value is -1.32. The van der Waals surface area contributed by atoms with E-state index in [9.17, 15) is 5.11 Å². The molecule has 0 aliphatic carbocycles. The molecule has 0 saturated heterocycles. The summed E-state index contributed by atoms with van der Waals surface area (Å²) < 4.78 is 5.13. The minimum Gasteiger partial charge on any atom is -1.00 e. The van der Waals surface area contributed by atoms with E-state index in [-0.39, 0.29) is 12.4 Å². The van der Waals surface area contributed by atoms with Crippen LogP contribution in [0, 0.1) is 0 Å². The van der Waals surface area contributed by atoms with Gasteiger partial charge in [0, 0.05) is 11.1 Å². The van der Waals surface area contributed by atoms with Gasteiger partial charge in [0.05, 0.1) is 7.11 Å². The van der Waals surface area contributed by atoms with E-state index in [0.29, 0.717) is 5.75 Å². The highest BCUT2D eigenvalue weighted by atomic mass is 35.5. The van der Waals surface area contributed by atoms with Gasteiger partial charge < -0.3 is 22.3 Å². The number of hydrogen-bond acceptors (Lipinski definition) is 2. The lowest BCUT2D eigenvalue weighted by Gasteiger charge is -2.00. The molecule has 0 fully saturated rings. The number of benzene rings is 2. The maximum atomic E-state index is 9.20. The molecule has 0 spiro atoms. The number of phenols is 1. The van der Waals surface area contributed by atoms with Crippen molar-refractivity contribution in [3.05, 3.63) is 59.7 Å². The van der Waals surface area contributed by atoms with Gasteiger partial charge in [0.15, 0.2) is 0 Å². The minimum absolute atomic E-state index is 0. The van der Waals surface area contributed by atoms with Crippen molar-refractivity contribution in [1.29, 1.82) is 0 Å². The molecule has 2 aromatic carbocycles. The summed E-state index contributed by atoms with van der Waals surface area (Å²) in [4.78, 5) is 0. The molecule has 4 heteroatoms. The number of ether oxygens (including phenoxy) is 1. The van der Waals surface area contributed by atoms with Crippen molar-refractivity contribution in [1.82, 2.24) is 0 Å². The maximum Gasteiger partial charge on any atom is 0.131 e. The molecule has 0 saturated carbocycles. The van der Waals surface area contributed by atoms with Crippen molar-refractivity contribution >= 4 is 11.8 Å². The van der Waals surface area contributed by atoms with Crippen molar-refractivity contribution in [2.75, 3.05) is 7.11 Å². The van der Waals surface area contributed by atoms with Crippen LogP contribution in [-0.2, 0) is 23.3 Å². The summed E-state index contributed by atoms with van der Waals surface area (Å²) in [6, 6.07) is 15.6. The van der Waals surface area contributed by atoms with Crippen molar-refractivity contribution in [2.45, 2.75) is 11.5 Å². The maximum absolute atomic E-state index is 9.20. The Morgan fingerprint density at radius 1 is 0.895 bits per heavy atom. The van der Waals surface area contributed by atoms with Crippen molar-refractivity contribution < 1.29 is 22.3 Å². The largest absolute Gasteiger partial charge is 1.00 e. The first-order valence-electron chi connectivity index (χ1n) is 5.82. The van der Waals surface area contributed by atoms with Crippen LogP contribution in [0.2, 0.25) is 0 Å². The molecule has 2 aromatic rings. The molecule has 0 heterocycles. The van der Waals surface area contributed by atoms with Gasteiger partial charge >= 0.3 is 0 Å². The third-order valence-corrected chi connectivity index (χ3v) is 3.86. The standard InChI is InChI=1S/C15H16O2S.ClH/c1-17-15-8-4-13(5-9-15)11-18-10-12-2-6-14(16)7-3-12;/h2-9,16H,10-11H2,1H3;1H. The van der Waals surface area contributed by atoms with E-state index < -0.39 is 0 Å². The summed E-state index contributed by atoms with van der Waals surface area (Å²) in [5.74, 6) is 3.26. The number of halogens is 1. The molecule has 102 valence electrons. The predicted octanol–water partition coefficient (Wildman–Crippen LogP) is -0.0801. The predicted molar refractivity (Wildman–Crippen MR) is 77.3 cm³/mol. The Kier molecular flexibility index (Phi) is 6.60. The van der Waals surface area contributed by atoms with Gasteiger partial charge in [0.1, 0.15) is 23.0 Å². The van der Waals surface area contributed by atoms with Crippen LogP contribution in [0.1, 0.15) is 11.1 Å². The van der Waals surface area contributed by atoms with Crippen LogP contribution in [0.15, 0.2) is 48.5 Å². The fourth-order valence-corrected chi connectivity index (χ4v) is 2.70. The van der Waals surface area contributed by atoms with Gasteiger partial charge in [0.25, 0.3) is 0 Å².